The number of nitrogens with zero attached hydrogens (tertiary/aromatic N) is 1. The van der Waals surface area contributed by atoms with Gasteiger partial charge in [0, 0.05) is 37.8 Å². The molecule has 2 fully saturated rings. The lowest BCUT2D eigenvalue weighted by Crippen LogP contribution is -2.51. The summed E-state index contributed by atoms with van der Waals surface area (Å²) in [5.41, 5.74) is 0.585. The molecule has 3 aliphatic rings. The predicted molar refractivity (Wildman–Crippen MR) is 210 cm³/mol. The van der Waals surface area contributed by atoms with E-state index in [0.717, 1.165) is 38.5 Å². The summed E-state index contributed by atoms with van der Waals surface area (Å²) in [5.74, 6) is -2.67. The maximum absolute atomic E-state index is 14.4. The van der Waals surface area contributed by atoms with Crippen molar-refractivity contribution in [1.82, 2.24) is 10.2 Å². The third-order valence-electron chi connectivity index (χ3n) is 10.3. The SMILES string of the molecule is CCCCCC1(CCCCC)O[C@@H]2[C@@H](C=C(C(=O)N3CCC[C@@H]3C(=O)N[C@H](CO)CCC(=O)OC(C)(C)C)C[C@H]2OC(=O)c2ccccc2C=COCCO)O1. The van der Waals surface area contributed by atoms with Crippen LogP contribution < -0.4 is 5.32 Å². The highest BCUT2D eigenvalue weighted by atomic mass is 16.8. The fourth-order valence-electron chi connectivity index (χ4n) is 7.52. The molecule has 2 heterocycles. The number of nitrogens with one attached hydrogen (secondary N) is 1. The zero-order chi connectivity index (χ0) is 40.7. The number of aliphatic hydroxyl groups excluding tert-OH is 2. The Labute approximate surface area is 332 Å². The van der Waals surface area contributed by atoms with E-state index in [9.17, 15) is 24.3 Å². The van der Waals surface area contributed by atoms with Crippen LogP contribution in [-0.4, -0.2) is 107 Å². The summed E-state index contributed by atoms with van der Waals surface area (Å²) in [6, 6.07) is 5.46. The molecule has 13 heteroatoms. The lowest BCUT2D eigenvalue weighted by atomic mass is 9.91. The van der Waals surface area contributed by atoms with E-state index in [1.807, 2.05) is 0 Å². The van der Waals surface area contributed by atoms with Crippen molar-refractivity contribution in [2.24, 2.45) is 0 Å². The number of likely N-dealkylation sites (tertiary alicyclic amines) is 1. The number of benzene rings is 1. The number of esters is 2. The molecular formula is C43H64N2O11. The van der Waals surface area contributed by atoms with Gasteiger partial charge in [0.05, 0.1) is 31.1 Å². The van der Waals surface area contributed by atoms with Crippen molar-refractivity contribution in [2.75, 3.05) is 26.4 Å². The monoisotopic (exact) mass is 784 g/mol. The Morgan fingerprint density at radius 2 is 1.75 bits per heavy atom. The molecule has 0 bridgehead atoms. The number of carbonyl (C=O) groups is 4. The van der Waals surface area contributed by atoms with Crippen molar-refractivity contribution < 1.29 is 53.1 Å². The van der Waals surface area contributed by atoms with Gasteiger partial charge in [-0.15, -0.1) is 0 Å². The van der Waals surface area contributed by atoms with Gasteiger partial charge in [-0.25, -0.2) is 4.79 Å². The zero-order valence-electron chi connectivity index (χ0n) is 34.0. The van der Waals surface area contributed by atoms with Crippen molar-refractivity contribution >= 4 is 29.8 Å². The van der Waals surface area contributed by atoms with Gasteiger partial charge in [0.25, 0.3) is 0 Å². The van der Waals surface area contributed by atoms with Crippen LogP contribution in [0.25, 0.3) is 6.08 Å². The van der Waals surface area contributed by atoms with E-state index in [2.05, 4.69) is 19.2 Å². The number of ether oxygens (including phenoxy) is 5. The summed E-state index contributed by atoms with van der Waals surface area (Å²) in [4.78, 5) is 55.8. The molecule has 0 radical (unpaired) electrons. The molecule has 2 amide bonds. The second-order valence-corrected chi connectivity index (χ2v) is 16.0. The predicted octanol–water partition coefficient (Wildman–Crippen LogP) is 5.75. The molecule has 5 atom stereocenters. The number of fused-ring (bicyclic) bond motifs is 1. The highest BCUT2D eigenvalue weighted by Gasteiger charge is 2.53. The summed E-state index contributed by atoms with van der Waals surface area (Å²) in [5, 5.41) is 21.9. The number of hydrogen-bond donors (Lipinski definition) is 3. The molecule has 0 unspecified atom stereocenters. The first-order valence-electron chi connectivity index (χ1n) is 20.5. The quantitative estimate of drug-likeness (QED) is 0.0788. The number of amides is 2. The van der Waals surface area contributed by atoms with Crippen molar-refractivity contribution in [3.05, 3.63) is 53.3 Å². The van der Waals surface area contributed by atoms with Gasteiger partial charge < -0.3 is 44.1 Å². The van der Waals surface area contributed by atoms with Crippen LogP contribution in [0.3, 0.4) is 0 Å². The first-order valence-corrected chi connectivity index (χ1v) is 20.5. The van der Waals surface area contributed by atoms with E-state index < -0.39 is 59.6 Å². The summed E-state index contributed by atoms with van der Waals surface area (Å²) in [6.45, 7) is 9.55. The number of carbonyl (C=O) groups excluding carboxylic acids is 4. The van der Waals surface area contributed by atoms with Crippen LogP contribution >= 0.6 is 0 Å². The fourth-order valence-corrected chi connectivity index (χ4v) is 7.52. The molecule has 56 heavy (non-hydrogen) atoms. The van der Waals surface area contributed by atoms with E-state index in [0.29, 0.717) is 48.9 Å². The van der Waals surface area contributed by atoms with Gasteiger partial charge in [-0.05, 0) is 76.7 Å². The Balaban J connectivity index is 1.57. The van der Waals surface area contributed by atoms with E-state index in [-0.39, 0.29) is 45.0 Å². The van der Waals surface area contributed by atoms with E-state index in [4.69, 9.17) is 28.8 Å². The molecule has 4 rings (SSSR count). The highest BCUT2D eigenvalue weighted by molar-refractivity contribution is 5.98. The van der Waals surface area contributed by atoms with Gasteiger partial charge in [-0.1, -0.05) is 57.7 Å². The summed E-state index contributed by atoms with van der Waals surface area (Å²) < 4.78 is 30.5. The number of hydrogen-bond acceptors (Lipinski definition) is 11. The zero-order valence-corrected chi connectivity index (χ0v) is 34.0. The minimum absolute atomic E-state index is 0.0182. The van der Waals surface area contributed by atoms with Gasteiger partial charge in [0.15, 0.2) is 5.79 Å². The number of rotatable bonds is 21. The van der Waals surface area contributed by atoms with Gasteiger partial charge in [-0.3, -0.25) is 14.4 Å². The molecule has 312 valence electrons. The molecular weight excluding hydrogens is 720 g/mol. The molecule has 1 aliphatic carbocycles. The molecule has 13 nitrogen and oxygen atoms in total. The third-order valence-corrected chi connectivity index (χ3v) is 10.3. The van der Waals surface area contributed by atoms with E-state index in [1.165, 1.54) is 6.26 Å². The Bertz CT molecular complexity index is 1510. The van der Waals surface area contributed by atoms with Crippen molar-refractivity contribution in [3.63, 3.8) is 0 Å². The maximum Gasteiger partial charge on any atom is 0.339 e. The van der Waals surface area contributed by atoms with Crippen LogP contribution in [0.4, 0.5) is 0 Å². The van der Waals surface area contributed by atoms with Gasteiger partial charge in [0.2, 0.25) is 11.8 Å². The number of aliphatic hydroxyl groups is 2. The van der Waals surface area contributed by atoms with Crippen LogP contribution in [0, 0.1) is 0 Å². The summed E-state index contributed by atoms with van der Waals surface area (Å²) >= 11 is 0. The van der Waals surface area contributed by atoms with Crippen molar-refractivity contribution in [3.8, 4) is 0 Å². The van der Waals surface area contributed by atoms with Crippen LogP contribution in [0.5, 0.6) is 0 Å². The number of unbranched alkanes of at least 4 members (excludes halogenated alkanes) is 4. The highest BCUT2D eigenvalue weighted by Crippen LogP contribution is 2.43. The Morgan fingerprint density at radius 3 is 2.41 bits per heavy atom. The second-order valence-electron chi connectivity index (χ2n) is 16.0. The maximum atomic E-state index is 14.4. The average molecular weight is 785 g/mol. The molecule has 0 aromatic heterocycles. The van der Waals surface area contributed by atoms with Crippen molar-refractivity contribution in [1.29, 1.82) is 0 Å². The van der Waals surface area contributed by atoms with E-state index >= 15 is 0 Å². The molecule has 1 aromatic carbocycles. The van der Waals surface area contributed by atoms with Gasteiger partial charge >= 0.3 is 11.9 Å². The van der Waals surface area contributed by atoms with Crippen LogP contribution in [0.15, 0.2) is 42.2 Å². The van der Waals surface area contributed by atoms with Gasteiger partial charge in [-0.2, -0.15) is 0 Å². The first-order chi connectivity index (χ1) is 26.8. The van der Waals surface area contributed by atoms with E-state index in [1.54, 1.807) is 62.1 Å². The average Bonchev–Trinajstić information content (AvgIpc) is 3.80. The second kappa shape index (κ2) is 21.7. The smallest absolute Gasteiger partial charge is 0.339 e. The summed E-state index contributed by atoms with van der Waals surface area (Å²) in [6.07, 6.45) is 11.2. The van der Waals surface area contributed by atoms with Crippen LogP contribution in [0.2, 0.25) is 0 Å². The molecule has 1 aromatic rings. The van der Waals surface area contributed by atoms with Crippen molar-refractivity contribution in [2.45, 2.75) is 160 Å². The molecule has 2 aliphatic heterocycles. The Morgan fingerprint density at radius 1 is 1.04 bits per heavy atom. The lowest BCUT2D eigenvalue weighted by molar-refractivity contribution is -0.190. The molecule has 0 spiro atoms. The molecule has 0 saturated carbocycles. The fraction of sp³-hybridized carbons (Fsp3) is 0.674. The Hall–Kier alpha value is -3.78. The first kappa shape index (κ1) is 44.9. The Kier molecular flexibility index (Phi) is 17.4. The summed E-state index contributed by atoms with van der Waals surface area (Å²) in [7, 11) is 0. The minimum atomic E-state index is -0.890. The molecule has 2 saturated heterocycles. The van der Waals surface area contributed by atoms with Gasteiger partial charge in [0.1, 0.15) is 36.6 Å². The third kappa shape index (κ3) is 12.9. The topological polar surface area (TPSA) is 170 Å². The largest absolute Gasteiger partial charge is 0.499 e. The van der Waals surface area contributed by atoms with Crippen LogP contribution in [0.1, 0.15) is 134 Å². The lowest BCUT2D eigenvalue weighted by Gasteiger charge is -2.33. The standard InChI is InChI=1S/C43H64N2O11/c1-6-8-12-21-43(22-13-9-7-2)54-36-28-31(27-35(38(36)56-43)53-41(51)33-16-11-10-15-30(33)20-25-52-26-24-46)40(50)45-23-14-17-34(45)39(49)44-32(29-47)18-19-37(48)55-42(3,4)5/h10-11,15-16,20,25,28,32,34-36,38,46-47H,6-9,12-14,17-19,21-24,26-27,29H2,1-5H3,(H,44,49)/t32-,34+,35+,36+,38-/m0/s1. The van der Waals surface area contributed by atoms with Crippen LogP contribution in [-0.2, 0) is 38.1 Å². The normalized spacial score (nSPS) is 22.3. The minimum Gasteiger partial charge on any atom is -0.499 e. The molecule has 3 N–H and O–H groups in total.